The van der Waals surface area contributed by atoms with Crippen molar-refractivity contribution in [3.05, 3.63) is 89.0 Å². The lowest BCUT2D eigenvalue weighted by atomic mass is 9.81. The van der Waals surface area contributed by atoms with E-state index in [0.29, 0.717) is 26.2 Å². The Bertz CT molecular complexity index is 4820. The van der Waals surface area contributed by atoms with Crippen LogP contribution in [0.5, 0.6) is 0 Å². The van der Waals surface area contributed by atoms with Crippen molar-refractivity contribution in [1.82, 2.24) is 70.4 Å². The highest BCUT2D eigenvalue weighted by atomic mass is 16.8. The van der Waals surface area contributed by atoms with Crippen molar-refractivity contribution in [3.63, 3.8) is 0 Å². The minimum absolute atomic E-state index is 0.0136. The molecule has 4 aliphatic carbocycles. The van der Waals surface area contributed by atoms with E-state index in [1.165, 1.54) is 26.2 Å². The summed E-state index contributed by atoms with van der Waals surface area (Å²) in [5.74, 6) is -9.05. The van der Waals surface area contributed by atoms with E-state index in [1.807, 2.05) is 9.97 Å². The van der Waals surface area contributed by atoms with Crippen LogP contribution in [0.3, 0.4) is 0 Å². The molecule has 12 unspecified atom stereocenters. The zero-order chi connectivity index (χ0) is 105. The van der Waals surface area contributed by atoms with Crippen LogP contribution >= 0.6 is 0 Å². The summed E-state index contributed by atoms with van der Waals surface area (Å²) in [6, 6.07) is -1.28. The molecule has 0 bridgehead atoms. The zero-order valence-corrected chi connectivity index (χ0v) is 81.9. The molecule has 4 saturated carbocycles. The maximum Gasteiger partial charge on any atom is 0.328 e. The van der Waals surface area contributed by atoms with Crippen LogP contribution in [0.15, 0.2) is 43.7 Å². The fraction of sp³-hybridized carbons (Fsp3) is 0.783. The van der Waals surface area contributed by atoms with Crippen molar-refractivity contribution in [2.24, 2.45) is 23.7 Å². The number of likely N-dealkylation sites (tertiary alicyclic amines) is 2. The summed E-state index contributed by atoms with van der Waals surface area (Å²) in [6.45, 7) is 2.15. The maximum atomic E-state index is 14.6. The van der Waals surface area contributed by atoms with Crippen molar-refractivity contribution < 1.29 is 179 Å². The standard InChI is InChI=1S/C92H136N14O41/c1-45-67(113)71(117)73(119)87(136-45)146-75-53(93-81(121)55-35-63(109)97-91(127)95-55)31-49(85(125)129-3)33-57(75)140-89-79(77(69(115)61(41-107)142-89)138-59(83(123)103-17-11-18-103)29-47-13-7-5-8-14-47)144-65(111)39-105-37-51(99-101-105)43-134-27-25-132-23-21-131-22-24-133-26-28-135-44-52-38-106(102-100-52)40-66(112)145-80-78(139-60(84(124)104-19-12-20-104)30-48-15-9-6-10-16-48)70(116)62(42-108)143-90(80)141-58-34-50(86(126)130-4)32-54(94-82(122)56-36-64(110)98-92(128)96-56)76(58)147-88-74(120)72(118)68(114)46(2)137-88/h35-38,45-50,53-54,57-62,67-80,87-90,107-108,113-120H,5-34,39-44H2,1-4H3,(H,93,121)(H,94,122)(H2,95,97,109,127)(H2,96,98,110,128)/t45?,46?,49?,50?,53?,54?,57-,58-,59+,60+,61+,62+,67-,68-,69+,70+,71+,72+,73?,74?,75-,76-,77?,78?,79?,80?,87+,88+,89-,90-/m1/s1. The van der Waals surface area contributed by atoms with Crippen molar-refractivity contribution in [2.75, 3.05) is 106 Å². The van der Waals surface area contributed by atoms with Crippen LogP contribution in [0.2, 0.25) is 0 Å². The molecule has 0 aromatic carbocycles. The molecule has 6 aliphatic heterocycles. The summed E-state index contributed by atoms with van der Waals surface area (Å²) in [7, 11) is 2.20. The number of rotatable bonds is 48. The van der Waals surface area contributed by atoms with E-state index in [0.717, 1.165) is 113 Å². The number of nitrogens with zero attached hydrogens (tertiary/aromatic N) is 8. The number of amides is 4. The number of hydrogen-bond acceptors (Lipinski definition) is 45. The molecule has 30 atom stereocenters. The summed E-state index contributed by atoms with van der Waals surface area (Å²) < 4.78 is 118. The summed E-state index contributed by atoms with van der Waals surface area (Å²) in [5.41, 5.74) is -4.53. The van der Waals surface area contributed by atoms with Crippen molar-refractivity contribution in [1.29, 1.82) is 0 Å². The molecule has 10 heterocycles. The number of aromatic amines is 4. The minimum Gasteiger partial charge on any atom is -0.469 e. The summed E-state index contributed by atoms with van der Waals surface area (Å²) in [5, 5.41) is 134. The number of esters is 4. The molecule has 55 heteroatoms. The number of carbonyl (C=O) groups excluding carboxylic acids is 8. The Morgan fingerprint density at radius 1 is 0.429 bits per heavy atom. The molecule has 6 saturated heterocycles. The molecule has 14 rings (SSSR count). The van der Waals surface area contributed by atoms with Crippen molar-refractivity contribution in [2.45, 2.75) is 327 Å². The lowest BCUT2D eigenvalue weighted by molar-refractivity contribution is -0.348. The molecule has 10 aliphatic rings. The van der Waals surface area contributed by atoms with Gasteiger partial charge in [-0.3, -0.25) is 57.9 Å². The summed E-state index contributed by atoms with van der Waals surface area (Å²) >= 11 is 0. The Kier molecular flexibility index (Phi) is 41.4. The first-order valence-electron chi connectivity index (χ1n) is 50.0. The van der Waals surface area contributed by atoms with Gasteiger partial charge in [0.15, 0.2) is 37.4 Å². The largest absolute Gasteiger partial charge is 0.469 e. The molecule has 55 nitrogen and oxygen atoms in total. The second-order valence-electron chi connectivity index (χ2n) is 38.6. The van der Waals surface area contributed by atoms with Crippen molar-refractivity contribution in [3.8, 4) is 0 Å². The maximum absolute atomic E-state index is 14.6. The van der Waals surface area contributed by atoms with Crippen LogP contribution in [0, 0.1) is 23.7 Å². The van der Waals surface area contributed by atoms with Crippen LogP contribution in [-0.4, -0.2) is 436 Å². The van der Waals surface area contributed by atoms with Gasteiger partial charge in [0.05, 0.1) is 154 Å². The predicted molar refractivity (Wildman–Crippen MR) is 489 cm³/mol. The number of carbonyl (C=O) groups is 8. The Morgan fingerprint density at radius 3 is 1.14 bits per heavy atom. The molecule has 0 spiro atoms. The Hall–Kier alpha value is -9.60. The zero-order valence-electron chi connectivity index (χ0n) is 81.9. The van der Waals surface area contributed by atoms with Gasteiger partial charge in [-0.05, 0) is 77.0 Å². The average Bonchev–Trinajstić information content (AvgIpc) is 1.24. The van der Waals surface area contributed by atoms with Gasteiger partial charge in [0.25, 0.3) is 34.7 Å². The number of ether oxygens (including phenoxy) is 19. The fourth-order valence-corrected chi connectivity index (χ4v) is 20.0. The quantitative estimate of drug-likeness (QED) is 0.0111. The van der Waals surface area contributed by atoms with Gasteiger partial charge in [0.1, 0.15) is 134 Å². The second kappa shape index (κ2) is 53.9. The third-order valence-corrected chi connectivity index (χ3v) is 28.1. The minimum atomic E-state index is -1.97. The molecule has 4 aromatic rings. The normalized spacial score (nSPS) is 32.3. The highest BCUT2D eigenvalue weighted by Gasteiger charge is 2.59. The van der Waals surface area contributed by atoms with Crippen LogP contribution in [-0.2, 0) is 145 Å². The molecule has 16 N–H and O–H groups in total. The Balaban J connectivity index is 0.563. The van der Waals surface area contributed by atoms with Gasteiger partial charge in [-0.2, -0.15) is 0 Å². The van der Waals surface area contributed by atoms with E-state index in [4.69, 9.17) is 90.0 Å². The number of nitrogens with one attached hydrogen (secondary N) is 6. The Morgan fingerprint density at radius 2 is 0.796 bits per heavy atom. The van der Waals surface area contributed by atoms with E-state index in [9.17, 15) is 109 Å². The first-order valence-corrected chi connectivity index (χ1v) is 50.0. The van der Waals surface area contributed by atoms with E-state index < -0.39 is 291 Å². The predicted octanol–water partition coefficient (Wildman–Crippen LogP) is -6.74. The van der Waals surface area contributed by atoms with Crippen LogP contribution < -0.4 is 33.1 Å². The van der Waals surface area contributed by atoms with Crippen molar-refractivity contribution >= 4 is 47.5 Å². The molecule has 10 fully saturated rings. The van der Waals surface area contributed by atoms with Gasteiger partial charge in [-0.1, -0.05) is 74.6 Å². The van der Waals surface area contributed by atoms with E-state index >= 15 is 0 Å². The van der Waals surface area contributed by atoms with Crippen LogP contribution in [0.25, 0.3) is 0 Å². The Labute approximate surface area is 840 Å². The molecule has 4 aromatic heterocycles. The SMILES string of the molecule is COC(=O)C1CC(NC(=O)c2cc(=O)[nH]c(=O)[nH]2)[C@@H](O[C@@H]2OC(C)[C@@H](O)[C@H](O)C2O)[C@H](O[C@@H]2O[C@@H](CO)[C@H](O)C(O[C@@H](CC3CCCCC3)C(=O)N3CCC3)C2OC(=O)Cn2cc(COCCOCCOCCOCCOCc3cn(CC(=O)OC4C(O[C@@H](CC5CCCCC5)C(=O)N5CCC5)[C@@H](O)[C@H](CO)O[C@H]4O[C@@H]4CC(C(=O)OC)CC(NC(=O)c5cc(=O)[nH]c(=O)[nH]5)[C@H]4O[C@@H]4OC(C)[C@@H](O)[C@H](O)C4O)nn3)nn2)C1. The van der Waals surface area contributed by atoms with Gasteiger partial charge in [0, 0.05) is 38.3 Å². The van der Waals surface area contributed by atoms with Gasteiger partial charge >= 0.3 is 35.3 Å². The van der Waals surface area contributed by atoms with Crippen LogP contribution in [0.4, 0.5) is 0 Å². The average molecular weight is 2090 g/mol. The number of hydrogen-bond donors (Lipinski definition) is 16. The number of aliphatic hydroxyl groups is 10. The van der Waals surface area contributed by atoms with Gasteiger partial charge in [0.2, 0.25) is 0 Å². The third kappa shape index (κ3) is 30.0. The first-order chi connectivity index (χ1) is 70.7. The highest BCUT2D eigenvalue weighted by Crippen LogP contribution is 2.43. The summed E-state index contributed by atoms with van der Waals surface area (Å²) in [6.07, 6.45) is -31.7. The van der Waals surface area contributed by atoms with Gasteiger partial charge in [-0.15, -0.1) is 10.2 Å². The molecular weight excluding hydrogens is 1960 g/mol. The molecule has 820 valence electrons. The number of aliphatic hydroxyl groups excluding tert-OH is 10. The van der Waals surface area contributed by atoms with E-state index in [-0.39, 0.29) is 128 Å². The highest BCUT2D eigenvalue weighted by molar-refractivity contribution is 5.93. The smallest absolute Gasteiger partial charge is 0.328 e. The van der Waals surface area contributed by atoms with Gasteiger partial charge in [-0.25, -0.2) is 19.0 Å². The van der Waals surface area contributed by atoms with E-state index in [1.54, 1.807) is 9.80 Å². The summed E-state index contributed by atoms with van der Waals surface area (Å²) in [4.78, 5) is 175. The monoisotopic (exact) mass is 2090 g/mol. The number of methoxy groups -OCH3 is 2. The first kappa shape index (κ1) is 113. The van der Waals surface area contributed by atoms with Gasteiger partial charge < -0.3 is 171 Å². The molecule has 147 heavy (non-hydrogen) atoms. The lowest BCUT2D eigenvalue weighted by Crippen LogP contribution is -2.66. The topological polar surface area (TPSA) is 738 Å². The fourth-order valence-electron chi connectivity index (χ4n) is 20.0. The second-order valence-corrected chi connectivity index (χ2v) is 38.6. The molecule has 0 radical (unpaired) electrons. The van der Waals surface area contributed by atoms with Crippen LogP contribution in [0.1, 0.15) is 162 Å². The number of H-pyrrole nitrogens is 4. The number of aromatic nitrogens is 10. The molecule has 4 amide bonds. The van der Waals surface area contributed by atoms with E-state index in [2.05, 4.69) is 41.2 Å². The molecular formula is C92H136N14O41. The lowest BCUT2D eigenvalue weighted by Gasteiger charge is -2.49. The third-order valence-electron chi connectivity index (χ3n) is 28.1.